The van der Waals surface area contributed by atoms with Crippen LogP contribution in [0.4, 0.5) is 5.82 Å². The van der Waals surface area contributed by atoms with Gasteiger partial charge in [-0.3, -0.25) is 14.2 Å². The minimum absolute atomic E-state index is 0.0392. The van der Waals surface area contributed by atoms with Crippen molar-refractivity contribution in [3.8, 4) is 22.4 Å². The van der Waals surface area contributed by atoms with Crippen LogP contribution in [-0.2, 0) is 14.1 Å². The van der Waals surface area contributed by atoms with E-state index < -0.39 is 0 Å². The predicted octanol–water partition coefficient (Wildman–Crippen LogP) is 3.53. The maximum Gasteiger partial charge on any atom is 0.328 e. The van der Waals surface area contributed by atoms with Crippen molar-refractivity contribution in [1.82, 2.24) is 19.3 Å². The lowest BCUT2D eigenvalue weighted by Gasteiger charge is -2.08. The molecular formula is C21H21N5O. The molecule has 2 heterocycles. The second-order valence-corrected chi connectivity index (χ2v) is 6.46. The molecule has 136 valence electrons. The molecule has 0 fully saturated rings. The summed E-state index contributed by atoms with van der Waals surface area (Å²) in [5.74, 6) is 0.758. The summed E-state index contributed by atoms with van der Waals surface area (Å²) in [6.07, 6.45) is 1.80. The van der Waals surface area contributed by atoms with E-state index in [0.717, 1.165) is 39.2 Å². The molecule has 2 aromatic carbocycles. The Labute approximate surface area is 156 Å². The molecule has 0 aliphatic heterocycles. The fourth-order valence-electron chi connectivity index (χ4n) is 3.40. The molecule has 0 bridgehead atoms. The van der Waals surface area contributed by atoms with Gasteiger partial charge in [-0.05, 0) is 17.7 Å². The van der Waals surface area contributed by atoms with Crippen molar-refractivity contribution in [1.29, 1.82) is 0 Å². The van der Waals surface area contributed by atoms with Crippen LogP contribution in [0.3, 0.4) is 0 Å². The highest BCUT2D eigenvalue weighted by molar-refractivity contribution is 5.92. The minimum Gasteiger partial charge on any atom is -0.365 e. The molecule has 2 N–H and O–H groups in total. The second-order valence-electron chi connectivity index (χ2n) is 6.46. The maximum atomic E-state index is 12.3. The Morgan fingerprint density at radius 3 is 2.56 bits per heavy atom. The summed E-state index contributed by atoms with van der Waals surface area (Å²) < 4.78 is 3.32. The zero-order chi connectivity index (χ0) is 19.0. The molecule has 6 nitrogen and oxygen atoms in total. The summed E-state index contributed by atoms with van der Waals surface area (Å²) in [5, 5.41) is 10.9. The Morgan fingerprint density at radius 2 is 1.81 bits per heavy atom. The third kappa shape index (κ3) is 2.75. The Morgan fingerprint density at radius 1 is 1.07 bits per heavy atom. The Bertz CT molecular complexity index is 1180. The molecule has 0 radical (unpaired) electrons. The predicted molar refractivity (Wildman–Crippen MR) is 110 cm³/mol. The monoisotopic (exact) mass is 359 g/mol. The molecule has 0 unspecified atom stereocenters. The van der Waals surface area contributed by atoms with E-state index in [0.29, 0.717) is 6.54 Å². The number of nitrogens with one attached hydrogen (secondary N) is 2. The zero-order valence-electron chi connectivity index (χ0n) is 15.4. The molecule has 0 saturated carbocycles. The van der Waals surface area contributed by atoms with Crippen molar-refractivity contribution in [2.75, 3.05) is 11.9 Å². The van der Waals surface area contributed by atoms with Gasteiger partial charge in [0.1, 0.15) is 0 Å². The van der Waals surface area contributed by atoms with Crippen molar-refractivity contribution >= 4 is 16.9 Å². The normalized spacial score (nSPS) is 11.0. The number of H-pyrrole nitrogens is 1. The highest BCUT2D eigenvalue weighted by Crippen LogP contribution is 2.37. The molecule has 27 heavy (non-hydrogen) atoms. The standard InChI is InChI=1S/C21H21N5O/c1-4-12-22-20-18(19(23-24-20)14-8-6-5-7-9-14)15-10-11-16-17(13-15)26(3)21(27)25(16)2/h4-11,13H,1,12H2,2-3H3,(H2,22,23,24). The molecular weight excluding hydrogens is 338 g/mol. The van der Waals surface area contributed by atoms with Crippen LogP contribution in [0, 0.1) is 0 Å². The number of benzene rings is 2. The van der Waals surface area contributed by atoms with Gasteiger partial charge in [0.15, 0.2) is 5.82 Å². The Balaban J connectivity index is 1.95. The van der Waals surface area contributed by atoms with Gasteiger partial charge in [-0.2, -0.15) is 5.10 Å². The SMILES string of the molecule is C=CCNc1n[nH]c(-c2ccccc2)c1-c1ccc2c(c1)n(C)c(=O)n2C. The number of aromatic nitrogens is 4. The van der Waals surface area contributed by atoms with Gasteiger partial charge in [0.05, 0.1) is 22.3 Å². The van der Waals surface area contributed by atoms with Crippen LogP contribution in [0.15, 0.2) is 66.0 Å². The third-order valence-electron chi connectivity index (χ3n) is 4.80. The number of aryl methyl sites for hydroxylation is 2. The molecule has 0 spiro atoms. The van der Waals surface area contributed by atoms with Crippen LogP contribution in [0.2, 0.25) is 0 Å². The smallest absolute Gasteiger partial charge is 0.328 e. The summed E-state index contributed by atoms with van der Waals surface area (Å²) in [4.78, 5) is 12.3. The van der Waals surface area contributed by atoms with Gasteiger partial charge in [0, 0.05) is 26.2 Å². The molecule has 0 atom stereocenters. The fourth-order valence-corrected chi connectivity index (χ4v) is 3.40. The molecule has 4 rings (SSSR count). The van der Waals surface area contributed by atoms with Gasteiger partial charge in [-0.1, -0.05) is 42.5 Å². The first-order valence-corrected chi connectivity index (χ1v) is 8.76. The van der Waals surface area contributed by atoms with Crippen molar-refractivity contribution < 1.29 is 0 Å². The largest absolute Gasteiger partial charge is 0.365 e. The van der Waals surface area contributed by atoms with E-state index in [1.54, 1.807) is 29.3 Å². The van der Waals surface area contributed by atoms with E-state index in [1.165, 1.54) is 0 Å². The second kappa shape index (κ2) is 6.64. The van der Waals surface area contributed by atoms with Crippen LogP contribution in [0.1, 0.15) is 0 Å². The van der Waals surface area contributed by atoms with Crippen LogP contribution in [-0.4, -0.2) is 25.9 Å². The van der Waals surface area contributed by atoms with Crippen LogP contribution >= 0.6 is 0 Å². The van der Waals surface area contributed by atoms with Gasteiger partial charge < -0.3 is 5.32 Å². The summed E-state index contributed by atoms with van der Waals surface area (Å²) in [5.41, 5.74) is 5.69. The minimum atomic E-state index is -0.0392. The van der Waals surface area contributed by atoms with Crippen molar-refractivity contribution in [3.63, 3.8) is 0 Å². The number of nitrogens with zero attached hydrogens (tertiary/aromatic N) is 3. The van der Waals surface area contributed by atoms with E-state index >= 15 is 0 Å². The first kappa shape index (κ1) is 16.9. The highest BCUT2D eigenvalue weighted by atomic mass is 16.1. The van der Waals surface area contributed by atoms with Crippen LogP contribution in [0.25, 0.3) is 33.4 Å². The summed E-state index contributed by atoms with van der Waals surface area (Å²) in [6.45, 7) is 4.38. The topological polar surface area (TPSA) is 67.6 Å². The van der Waals surface area contributed by atoms with E-state index in [-0.39, 0.29) is 5.69 Å². The maximum absolute atomic E-state index is 12.3. The average Bonchev–Trinajstić information content (AvgIpc) is 3.22. The van der Waals surface area contributed by atoms with Gasteiger partial charge in [0.2, 0.25) is 0 Å². The number of rotatable bonds is 5. The highest BCUT2D eigenvalue weighted by Gasteiger charge is 2.18. The van der Waals surface area contributed by atoms with E-state index in [2.05, 4.69) is 22.1 Å². The quantitative estimate of drug-likeness (QED) is 0.536. The number of fused-ring (bicyclic) bond motifs is 1. The van der Waals surface area contributed by atoms with E-state index in [1.807, 2.05) is 48.5 Å². The number of hydrogen-bond acceptors (Lipinski definition) is 3. The molecule has 6 heteroatoms. The van der Waals surface area contributed by atoms with Crippen LogP contribution in [0.5, 0.6) is 0 Å². The first-order chi connectivity index (χ1) is 13.1. The lowest BCUT2D eigenvalue weighted by molar-refractivity contribution is 0.795. The summed E-state index contributed by atoms with van der Waals surface area (Å²) >= 11 is 0. The van der Waals surface area contributed by atoms with E-state index in [4.69, 9.17) is 0 Å². The van der Waals surface area contributed by atoms with Gasteiger partial charge in [-0.25, -0.2) is 4.79 Å². The van der Waals surface area contributed by atoms with Crippen LogP contribution < -0.4 is 11.0 Å². The van der Waals surface area contributed by atoms with Gasteiger partial charge >= 0.3 is 5.69 Å². The van der Waals surface area contributed by atoms with Gasteiger partial charge in [0.25, 0.3) is 0 Å². The van der Waals surface area contributed by atoms with Crippen molar-refractivity contribution in [3.05, 3.63) is 71.7 Å². The molecule has 4 aromatic rings. The summed E-state index contributed by atoms with van der Waals surface area (Å²) in [7, 11) is 3.58. The number of aromatic amines is 1. The molecule has 0 amide bonds. The van der Waals surface area contributed by atoms with Crippen molar-refractivity contribution in [2.24, 2.45) is 14.1 Å². The van der Waals surface area contributed by atoms with Gasteiger partial charge in [-0.15, -0.1) is 6.58 Å². The number of anilines is 1. The lowest BCUT2D eigenvalue weighted by atomic mass is 10.00. The number of hydrogen-bond donors (Lipinski definition) is 2. The molecule has 0 aliphatic carbocycles. The molecule has 2 aromatic heterocycles. The molecule has 0 saturated heterocycles. The third-order valence-corrected chi connectivity index (χ3v) is 4.80. The zero-order valence-corrected chi connectivity index (χ0v) is 15.4. The Hall–Kier alpha value is -3.54. The Kier molecular flexibility index (Phi) is 4.16. The first-order valence-electron chi connectivity index (χ1n) is 8.76. The lowest BCUT2D eigenvalue weighted by Crippen LogP contribution is -2.19. The summed E-state index contributed by atoms with van der Waals surface area (Å²) in [6, 6.07) is 16.1. The average molecular weight is 359 g/mol. The number of imidazole rings is 1. The molecule has 0 aliphatic rings. The van der Waals surface area contributed by atoms with E-state index in [9.17, 15) is 4.79 Å². The van der Waals surface area contributed by atoms with Crippen molar-refractivity contribution in [2.45, 2.75) is 0 Å². The fraction of sp³-hybridized carbons (Fsp3) is 0.143.